The highest BCUT2D eigenvalue weighted by atomic mass is 16.5. The second kappa shape index (κ2) is 7.78. The number of hydrogen-bond acceptors (Lipinski definition) is 4. The molecule has 0 unspecified atom stereocenters. The van der Waals surface area contributed by atoms with Gasteiger partial charge in [0, 0.05) is 18.7 Å². The van der Waals surface area contributed by atoms with Crippen LogP contribution >= 0.6 is 0 Å². The van der Waals surface area contributed by atoms with Crippen LogP contribution in [0.15, 0.2) is 42.5 Å². The number of ether oxygens (including phenoxy) is 1. The van der Waals surface area contributed by atoms with Crippen molar-refractivity contribution in [3.63, 3.8) is 0 Å². The van der Waals surface area contributed by atoms with E-state index in [1.54, 1.807) is 7.11 Å². The molecular weight excluding hydrogens is 326 g/mol. The van der Waals surface area contributed by atoms with Crippen molar-refractivity contribution in [1.82, 2.24) is 4.90 Å². The van der Waals surface area contributed by atoms with Gasteiger partial charge in [-0.1, -0.05) is 36.4 Å². The maximum absolute atomic E-state index is 11.3. The van der Waals surface area contributed by atoms with E-state index in [1.165, 1.54) is 11.1 Å². The summed E-state index contributed by atoms with van der Waals surface area (Å²) in [6.07, 6.45) is 1.02. The molecule has 26 heavy (non-hydrogen) atoms. The summed E-state index contributed by atoms with van der Waals surface area (Å²) in [6.45, 7) is 6.02. The highest BCUT2D eigenvalue weighted by Gasteiger charge is 2.37. The Morgan fingerprint density at radius 1 is 1.15 bits per heavy atom. The zero-order valence-electron chi connectivity index (χ0n) is 15.9. The highest BCUT2D eigenvalue weighted by Crippen LogP contribution is 2.37. The first-order valence-corrected chi connectivity index (χ1v) is 9.26. The van der Waals surface area contributed by atoms with Crippen LogP contribution in [0.1, 0.15) is 41.2 Å². The van der Waals surface area contributed by atoms with Crippen molar-refractivity contribution in [2.75, 3.05) is 26.7 Å². The minimum absolute atomic E-state index is 0.495. The highest BCUT2D eigenvalue weighted by molar-refractivity contribution is 5.38. The molecule has 0 amide bonds. The lowest BCUT2D eigenvalue weighted by atomic mass is 9.85. The molecule has 2 aromatic rings. The number of piperidine rings is 1. The van der Waals surface area contributed by atoms with Crippen molar-refractivity contribution >= 4 is 0 Å². The van der Waals surface area contributed by atoms with Gasteiger partial charge in [0.25, 0.3) is 0 Å². The lowest BCUT2D eigenvalue weighted by Crippen LogP contribution is -2.47. The van der Waals surface area contributed by atoms with Crippen LogP contribution in [-0.2, 0) is 5.60 Å². The normalized spacial score (nSPS) is 22.2. The number of para-hydroxylation sites is 1. The molecule has 1 fully saturated rings. The van der Waals surface area contributed by atoms with Gasteiger partial charge in [0.05, 0.1) is 13.2 Å². The van der Waals surface area contributed by atoms with Crippen molar-refractivity contribution < 1.29 is 14.9 Å². The number of aryl methyl sites for hydroxylation is 2. The summed E-state index contributed by atoms with van der Waals surface area (Å²) in [5.41, 5.74) is 3.22. The number of hydrogen-bond donors (Lipinski definition) is 2. The minimum atomic E-state index is -0.951. The quantitative estimate of drug-likeness (QED) is 0.864. The van der Waals surface area contributed by atoms with Gasteiger partial charge in [0.2, 0.25) is 0 Å². The van der Waals surface area contributed by atoms with Crippen LogP contribution < -0.4 is 4.74 Å². The first-order chi connectivity index (χ1) is 12.4. The third-order valence-electron chi connectivity index (χ3n) is 5.51. The fraction of sp³-hybridized carbons (Fsp3) is 0.455. The smallest absolute Gasteiger partial charge is 0.124 e. The SMILES string of the molecule is COc1ccccc1[C@]1(O)CCCN(C[C@H](O)c2ccc(C)c(C)c2)C1. The van der Waals surface area contributed by atoms with Crippen LogP contribution in [0, 0.1) is 13.8 Å². The van der Waals surface area contributed by atoms with Gasteiger partial charge in [-0.2, -0.15) is 0 Å². The zero-order chi connectivity index (χ0) is 18.7. The van der Waals surface area contributed by atoms with Crippen LogP contribution in [-0.4, -0.2) is 41.9 Å². The van der Waals surface area contributed by atoms with E-state index in [-0.39, 0.29) is 0 Å². The number of methoxy groups -OCH3 is 1. The summed E-state index contributed by atoms with van der Waals surface area (Å²) in [4.78, 5) is 2.15. The van der Waals surface area contributed by atoms with Gasteiger partial charge in [-0.25, -0.2) is 0 Å². The Balaban J connectivity index is 1.74. The van der Waals surface area contributed by atoms with Gasteiger partial charge in [-0.05, 0) is 56.0 Å². The second-order valence-electron chi connectivity index (χ2n) is 7.43. The first-order valence-electron chi connectivity index (χ1n) is 9.26. The Kier molecular flexibility index (Phi) is 5.66. The van der Waals surface area contributed by atoms with Gasteiger partial charge in [-0.3, -0.25) is 4.90 Å². The largest absolute Gasteiger partial charge is 0.496 e. The van der Waals surface area contributed by atoms with E-state index in [1.807, 2.05) is 30.3 Å². The molecule has 2 aromatic carbocycles. The lowest BCUT2D eigenvalue weighted by Gasteiger charge is -2.40. The minimum Gasteiger partial charge on any atom is -0.496 e. The van der Waals surface area contributed by atoms with E-state index < -0.39 is 11.7 Å². The summed E-state index contributed by atoms with van der Waals surface area (Å²) < 4.78 is 5.45. The molecule has 0 saturated carbocycles. The molecular formula is C22H29NO3. The fourth-order valence-electron chi connectivity index (χ4n) is 3.85. The van der Waals surface area contributed by atoms with Gasteiger partial charge in [-0.15, -0.1) is 0 Å². The number of aliphatic hydroxyl groups excluding tert-OH is 1. The molecule has 140 valence electrons. The standard InChI is InChI=1S/C22H29NO3/c1-16-9-10-18(13-17(16)2)20(24)14-23-12-6-11-22(25,15-23)19-7-4-5-8-21(19)26-3/h4-5,7-10,13,20,24-25H,6,11-12,14-15H2,1-3H3/t20-,22-/m0/s1. The van der Waals surface area contributed by atoms with Gasteiger partial charge < -0.3 is 14.9 Å². The van der Waals surface area contributed by atoms with Crippen molar-refractivity contribution in [2.24, 2.45) is 0 Å². The molecule has 4 heteroatoms. The summed E-state index contributed by atoms with van der Waals surface area (Å²) in [6, 6.07) is 13.8. The molecule has 1 aliphatic heterocycles. The zero-order valence-corrected chi connectivity index (χ0v) is 15.9. The predicted molar refractivity (Wildman–Crippen MR) is 103 cm³/mol. The van der Waals surface area contributed by atoms with E-state index in [9.17, 15) is 10.2 Å². The number of nitrogens with zero attached hydrogens (tertiary/aromatic N) is 1. The molecule has 2 N–H and O–H groups in total. The van der Waals surface area contributed by atoms with Crippen molar-refractivity contribution in [3.05, 3.63) is 64.7 Å². The molecule has 0 spiro atoms. The van der Waals surface area contributed by atoms with Crippen molar-refractivity contribution in [1.29, 1.82) is 0 Å². The number of β-amino-alcohol motifs (C(OH)–C–C–N with tert-alkyl or cyclic N) is 2. The lowest BCUT2D eigenvalue weighted by molar-refractivity contribution is -0.0474. The molecule has 0 bridgehead atoms. The number of likely N-dealkylation sites (tertiary alicyclic amines) is 1. The van der Waals surface area contributed by atoms with E-state index in [0.717, 1.165) is 24.1 Å². The summed E-state index contributed by atoms with van der Waals surface area (Å²) in [5, 5.41) is 22.0. The Morgan fingerprint density at radius 3 is 2.65 bits per heavy atom. The summed E-state index contributed by atoms with van der Waals surface area (Å²) in [5.74, 6) is 0.714. The van der Waals surface area contributed by atoms with Crippen molar-refractivity contribution in [2.45, 2.75) is 38.4 Å². The molecule has 4 nitrogen and oxygen atoms in total. The summed E-state index contributed by atoms with van der Waals surface area (Å²) in [7, 11) is 1.63. The number of rotatable bonds is 5. The number of aliphatic hydroxyl groups is 2. The van der Waals surface area contributed by atoms with E-state index in [2.05, 4.69) is 30.9 Å². The average Bonchev–Trinajstić information content (AvgIpc) is 2.64. The monoisotopic (exact) mass is 355 g/mol. The third-order valence-corrected chi connectivity index (χ3v) is 5.51. The molecule has 0 aliphatic carbocycles. The molecule has 1 heterocycles. The maximum atomic E-state index is 11.3. The van der Waals surface area contributed by atoms with Crippen LogP contribution in [0.5, 0.6) is 5.75 Å². The molecule has 0 radical (unpaired) electrons. The third kappa shape index (κ3) is 3.93. The Hall–Kier alpha value is -1.88. The topological polar surface area (TPSA) is 52.9 Å². The molecule has 3 rings (SSSR count). The second-order valence-corrected chi connectivity index (χ2v) is 7.43. The fourth-order valence-corrected chi connectivity index (χ4v) is 3.85. The van der Waals surface area contributed by atoms with Crippen molar-refractivity contribution in [3.8, 4) is 5.75 Å². The Labute approximate surface area is 156 Å². The first kappa shape index (κ1) is 18.9. The average molecular weight is 355 g/mol. The predicted octanol–water partition coefficient (Wildman–Crippen LogP) is 3.33. The Bertz CT molecular complexity index is 761. The van der Waals surface area contributed by atoms with Crippen LogP contribution in [0.4, 0.5) is 0 Å². The van der Waals surface area contributed by atoms with Crippen LogP contribution in [0.2, 0.25) is 0 Å². The van der Waals surface area contributed by atoms with E-state index in [4.69, 9.17) is 4.74 Å². The van der Waals surface area contributed by atoms with Crippen LogP contribution in [0.25, 0.3) is 0 Å². The molecule has 2 atom stereocenters. The Morgan fingerprint density at radius 2 is 1.92 bits per heavy atom. The van der Waals surface area contributed by atoms with Crippen LogP contribution in [0.3, 0.4) is 0 Å². The number of benzene rings is 2. The van der Waals surface area contributed by atoms with E-state index in [0.29, 0.717) is 25.3 Å². The molecule has 0 aromatic heterocycles. The van der Waals surface area contributed by atoms with E-state index >= 15 is 0 Å². The van der Waals surface area contributed by atoms with Gasteiger partial charge in [0.15, 0.2) is 0 Å². The van der Waals surface area contributed by atoms with Gasteiger partial charge in [0.1, 0.15) is 11.4 Å². The molecule has 1 aliphatic rings. The maximum Gasteiger partial charge on any atom is 0.124 e. The summed E-state index contributed by atoms with van der Waals surface area (Å²) >= 11 is 0. The molecule has 1 saturated heterocycles. The van der Waals surface area contributed by atoms with Gasteiger partial charge >= 0.3 is 0 Å².